The maximum Gasteiger partial charge on any atom is -0.00960 e. The first-order valence-electron chi connectivity index (χ1n) is 7.88. The van der Waals surface area contributed by atoms with Crippen molar-refractivity contribution in [1.29, 1.82) is 0 Å². The third kappa shape index (κ3) is 2.00. The van der Waals surface area contributed by atoms with Crippen LogP contribution in [0.1, 0.15) is 18.9 Å². The average molecular weight is 282 g/mol. The summed E-state index contributed by atoms with van der Waals surface area (Å²) in [6.07, 6.45) is 5.72. The molecule has 0 nitrogen and oxygen atoms in total. The van der Waals surface area contributed by atoms with Crippen molar-refractivity contribution >= 4 is 12.2 Å². The molecule has 0 heteroatoms. The van der Waals surface area contributed by atoms with Gasteiger partial charge < -0.3 is 0 Å². The predicted molar refractivity (Wildman–Crippen MR) is 94.9 cm³/mol. The Morgan fingerprint density at radius 2 is 1.45 bits per heavy atom. The van der Waals surface area contributed by atoms with Crippen LogP contribution in [0.15, 0.2) is 66.7 Å². The molecule has 3 aromatic rings. The molecule has 0 heterocycles. The van der Waals surface area contributed by atoms with Crippen molar-refractivity contribution in [2.45, 2.75) is 13.3 Å². The van der Waals surface area contributed by atoms with E-state index in [0.29, 0.717) is 0 Å². The molecule has 0 bridgehead atoms. The summed E-state index contributed by atoms with van der Waals surface area (Å²) in [7, 11) is 0. The number of fused-ring (bicyclic) bond motifs is 3. The quantitative estimate of drug-likeness (QED) is 0.512. The van der Waals surface area contributed by atoms with Gasteiger partial charge in [0.25, 0.3) is 0 Å². The van der Waals surface area contributed by atoms with E-state index in [2.05, 4.69) is 85.8 Å². The second-order valence-corrected chi connectivity index (χ2v) is 5.70. The van der Waals surface area contributed by atoms with Crippen LogP contribution in [0.4, 0.5) is 0 Å². The normalized spacial score (nSPS) is 12.7. The first-order chi connectivity index (χ1) is 10.9. The summed E-state index contributed by atoms with van der Waals surface area (Å²) in [6.45, 7) is 2.20. The Kier molecular flexibility index (Phi) is 3.16. The molecule has 0 fully saturated rings. The maximum atomic E-state index is 2.35. The van der Waals surface area contributed by atoms with E-state index in [1.54, 1.807) is 0 Å². The van der Waals surface area contributed by atoms with Crippen LogP contribution >= 0.6 is 0 Å². The van der Waals surface area contributed by atoms with Crippen LogP contribution in [0.3, 0.4) is 0 Å². The smallest absolute Gasteiger partial charge is 0.00960 e. The van der Waals surface area contributed by atoms with Crippen LogP contribution in [0.5, 0.6) is 0 Å². The standard InChI is InChI=1S/C22H18/c1-2-8-20-19(16-9-4-3-5-10-16)13-14-21-18-12-7-6-11-17(18)15-22(20)21/h3-15H,2H2,1H3. The molecule has 0 radical (unpaired) electrons. The number of rotatable bonds is 2. The first kappa shape index (κ1) is 13.1. The van der Waals surface area contributed by atoms with Crippen LogP contribution in [0.25, 0.3) is 34.4 Å². The molecule has 0 unspecified atom stereocenters. The molecule has 3 aromatic carbocycles. The van der Waals surface area contributed by atoms with E-state index in [1.807, 2.05) is 0 Å². The highest BCUT2D eigenvalue weighted by atomic mass is 14.2. The Balaban J connectivity index is 2.06. The Labute approximate surface area is 131 Å². The minimum absolute atomic E-state index is 1.04. The van der Waals surface area contributed by atoms with Gasteiger partial charge in [-0.05, 0) is 50.8 Å². The van der Waals surface area contributed by atoms with Crippen molar-refractivity contribution in [3.05, 3.63) is 82.7 Å². The molecule has 1 aliphatic rings. The molecule has 1 aliphatic carbocycles. The van der Waals surface area contributed by atoms with Gasteiger partial charge in [-0.1, -0.05) is 79.7 Å². The zero-order valence-corrected chi connectivity index (χ0v) is 12.7. The van der Waals surface area contributed by atoms with Crippen molar-refractivity contribution in [1.82, 2.24) is 0 Å². The van der Waals surface area contributed by atoms with Crippen molar-refractivity contribution in [2.75, 3.05) is 0 Å². The summed E-state index contributed by atoms with van der Waals surface area (Å²) in [5, 5.41) is 2.73. The summed E-state index contributed by atoms with van der Waals surface area (Å²) < 4.78 is 0. The predicted octanol–water partition coefficient (Wildman–Crippen LogP) is 4.35. The van der Waals surface area contributed by atoms with Gasteiger partial charge in [0.05, 0.1) is 0 Å². The van der Waals surface area contributed by atoms with Gasteiger partial charge in [0, 0.05) is 0 Å². The van der Waals surface area contributed by atoms with E-state index in [1.165, 1.54) is 38.3 Å². The molecule has 0 spiro atoms. The lowest BCUT2D eigenvalue weighted by atomic mass is 9.97. The molecule has 0 saturated heterocycles. The first-order valence-corrected chi connectivity index (χ1v) is 7.88. The lowest BCUT2D eigenvalue weighted by Crippen LogP contribution is -2.27. The van der Waals surface area contributed by atoms with E-state index in [9.17, 15) is 0 Å². The van der Waals surface area contributed by atoms with Crippen molar-refractivity contribution in [3.63, 3.8) is 0 Å². The van der Waals surface area contributed by atoms with E-state index in [4.69, 9.17) is 0 Å². The highest BCUT2D eigenvalue weighted by molar-refractivity contribution is 5.85. The minimum Gasteiger partial charge on any atom is -0.0763 e. The highest BCUT2D eigenvalue weighted by Crippen LogP contribution is 2.26. The minimum atomic E-state index is 1.04. The Morgan fingerprint density at radius 1 is 0.727 bits per heavy atom. The Hall–Kier alpha value is -2.60. The van der Waals surface area contributed by atoms with Gasteiger partial charge in [-0.15, -0.1) is 0 Å². The Morgan fingerprint density at radius 3 is 2.27 bits per heavy atom. The fraction of sp³-hybridized carbons (Fsp3) is 0.0909. The molecule has 0 aromatic heterocycles. The van der Waals surface area contributed by atoms with Crippen molar-refractivity contribution in [2.24, 2.45) is 0 Å². The zero-order chi connectivity index (χ0) is 14.9. The van der Waals surface area contributed by atoms with E-state index >= 15 is 0 Å². The molecular formula is C22H18. The summed E-state index contributed by atoms with van der Waals surface area (Å²) in [6, 6.07) is 23.9. The SMILES string of the molecule is CCC=c1c(-c2ccccc2)ccc2c1=Cc1ccccc1-2. The van der Waals surface area contributed by atoms with E-state index in [0.717, 1.165) is 6.42 Å². The van der Waals surface area contributed by atoms with E-state index in [-0.39, 0.29) is 0 Å². The molecule has 0 aliphatic heterocycles. The summed E-state index contributed by atoms with van der Waals surface area (Å²) in [5.74, 6) is 0. The molecule has 0 amide bonds. The summed E-state index contributed by atoms with van der Waals surface area (Å²) in [4.78, 5) is 0. The number of hydrogen-bond donors (Lipinski definition) is 0. The van der Waals surface area contributed by atoms with Crippen LogP contribution in [0.2, 0.25) is 0 Å². The fourth-order valence-corrected chi connectivity index (χ4v) is 3.34. The molecule has 106 valence electrons. The van der Waals surface area contributed by atoms with Crippen LogP contribution < -0.4 is 10.4 Å². The topological polar surface area (TPSA) is 0 Å². The van der Waals surface area contributed by atoms with Gasteiger partial charge in [-0.2, -0.15) is 0 Å². The van der Waals surface area contributed by atoms with Crippen molar-refractivity contribution in [3.8, 4) is 22.3 Å². The third-order valence-electron chi connectivity index (χ3n) is 4.33. The Bertz CT molecular complexity index is 947. The van der Waals surface area contributed by atoms with Crippen LogP contribution in [-0.4, -0.2) is 0 Å². The number of benzene rings is 3. The van der Waals surface area contributed by atoms with E-state index < -0.39 is 0 Å². The zero-order valence-electron chi connectivity index (χ0n) is 12.7. The molecule has 0 N–H and O–H groups in total. The second kappa shape index (κ2) is 5.31. The average Bonchev–Trinajstić information content (AvgIpc) is 2.95. The third-order valence-corrected chi connectivity index (χ3v) is 4.33. The maximum absolute atomic E-state index is 2.35. The second-order valence-electron chi connectivity index (χ2n) is 5.70. The number of hydrogen-bond acceptors (Lipinski definition) is 0. The summed E-state index contributed by atoms with van der Waals surface area (Å²) >= 11 is 0. The largest absolute Gasteiger partial charge is 0.0763 e. The fourth-order valence-electron chi connectivity index (χ4n) is 3.34. The van der Waals surface area contributed by atoms with Crippen molar-refractivity contribution < 1.29 is 0 Å². The van der Waals surface area contributed by atoms with Gasteiger partial charge in [0.15, 0.2) is 0 Å². The van der Waals surface area contributed by atoms with Gasteiger partial charge in [-0.3, -0.25) is 0 Å². The molecule has 0 saturated carbocycles. The lowest BCUT2D eigenvalue weighted by Gasteiger charge is -2.07. The van der Waals surface area contributed by atoms with Gasteiger partial charge in [-0.25, -0.2) is 0 Å². The molecule has 4 rings (SSSR count). The van der Waals surface area contributed by atoms with Gasteiger partial charge >= 0.3 is 0 Å². The van der Waals surface area contributed by atoms with Crippen LogP contribution in [-0.2, 0) is 0 Å². The monoisotopic (exact) mass is 282 g/mol. The highest BCUT2D eigenvalue weighted by Gasteiger charge is 2.13. The van der Waals surface area contributed by atoms with Crippen LogP contribution in [0, 0.1) is 0 Å². The van der Waals surface area contributed by atoms with Gasteiger partial charge in [0.2, 0.25) is 0 Å². The molecule has 0 atom stereocenters. The molecule has 22 heavy (non-hydrogen) atoms. The lowest BCUT2D eigenvalue weighted by molar-refractivity contribution is 1.28. The summed E-state index contributed by atoms with van der Waals surface area (Å²) in [5.41, 5.74) is 6.64. The molecular weight excluding hydrogens is 264 g/mol. The van der Waals surface area contributed by atoms with Gasteiger partial charge in [0.1, 0.15) is 0 Å².